The van der Waals surface area contributed by atoms with Crippen molar-refractivity contribution in [2.75, 3.05) is 12.4 Å². The standard InChI is InChI=1S/C14H13Cl2NO/c1-18-14-7-6-11(15)8-10(14)9-17-13-5-3-2-4-12(13)16/h2-8,17H,9H2,1H3. The van der Waals surface area contributed by atoms with E-state index in [1.54, 1.807) is 13.2 Å². The van der Waals surface area contributed by atoms with Crippen LogP contribution in [0.1, 0.15) is 5.56 Å². The minimum absolute atomic E-state index is 0.605. The van der Waals surface area contributed by atoms with Gasteiger partial charge in [-0.3, -0.25) is 0 Å². The highest BCUT2D eigenvalue weighted by Crippen LogP contribution is 2.25. The van der Waals surface area contributed by atoms with Crippen molar-refractivity contribution in [3.8, 4) is 5.75 Å². The molecule has 0 aliphatic heterocycles. The highest BCUT2D eigenvalue weighted by molar-refractivity contribution is 6.33. The summed E-state index contributed by atoms with van der Waals surface area (Å²) < 4.78 is 5.29. The Balaban J connectivity index is 2.15. The molecule has 0 aliphatic carbocycles. The third-order valence-electron chi connectivity index (χ3n) is 2.59. The number of methoxy groups -OCH3 is 1. The Bertz CT molecular complexity index is 543. The molecule has 0 radical (unpaired) electrons. The maximum atomic E-state index is 6.08. The van der Waals surface area contributed by atoms with Crippen molar-refractivity contribution in [3.05, 3.63) is 58.1 Å². The van der Waals surface area contributed by atoms with Gasteiger partial charge in [-0.1, -0.05) is 35.3 Å². The first-order valence-electron chi connectivity index (χ1n) is 5.51. The summed E-state index contributed by atoms with van der Waals surface area (Å²) in [6.45, 7) is 0.605. The van der Waals surface area contributed by atoms with Crippen LogP contribution in [0.3, 0.4) is 0 Å². The number of halogens is 2. The molecule has 0 spiro atoms. The van der Waals surface area contributed by atoms with Gasteiger partial charge in [0.25, 0.3) is 0 Å². The molecule has 1 N–H and O–H groups in total. The van der Waals surface area contributed by atoms with Crippen LogP contribution in [0.25, 0.3) is 0 Å². The predicted octanol–water partition coefficient (Wildman–Crippen LogP) is 4.61. The second-order valence-electron chi connectivity index (χ2n) is 3.79. The molecule has 2 aromatic carbocycles. The molecule has 0 heterocycles. The summed E-state index contributed by atoms with van der Waals surface area (Å²) in [5, 5.41) is 4.64. The van der Waals surface area contributed by atoms with E-state index in [4.69, 9.17) is 27.9 Å². The van der Waals surface area contributed by atoms with E-state index in [0.717, 1.165) is 17.0 Å². The summed E-state index contributed by atoms with van der Waals surface area (Å²) in [4.78, 5) is 0. The third kappa shape index (κ3) is 3.09. The summed E-state index contributed by atoms with van der Waals surface area (Å²) in [5.41, 5.74) is 1.88. The van der Waals surface area contributed by atoms with E-state index >= 15 is 0 Å². The van der Waals surface area contributed by atoms with Gasteiger partial charge >= 0.3 is 0 Å². The van der Waals surface area contributed by atoms with Crippen molar-refractivity contribution in [2.24, 2.45) is 0 Å². The molecule has 0 saturated carbocycles. The van der Waals surface area contributed by atoms with Crippen molar-refractivity contribution in [1.29, 1.82) is 0 Å². The fraction of sp³-hybridized carbons (Fsp3) is 0.143. The second kappa shape index (κ2) is 5.98. The fourth-order valence-electron chi connectivity index (χ4n) is 1.68. The lowest BCUT2D eigenvalue weighted by Crippen LogP contribution is -2.02. The molecule has 0 unspecified atom stereocenters. The first kappa shape index (κ1) is 13.1. The van der Waals surface area contributed by atoms with Crippen LogP contribution in [0.5, 0.6) is 5.75 Å². The molecule has 0 amide bonds. The van der Waals surface area contributed by atoms with Crippen LogP contribution in [0.2, 0.25) is 10.0 Å². The number of rotatable bonds is 4. The summed E-state index contributed by atoms with van der Waals surface area (Å²) in [5.74, 6) is 0.805. The van der Waals surface area contributed by atoms with Gasteiger partial charge in [-0.05, 0) is 30.3 Å². The maximum absolute atomic E-state index is 6.08. The molecule has 4 heteroatoms. The van der Waals surface area contributed by atoms with Gasteiger partial charge in [0.05, 0.1) is 17.8 Å². The molecule has 2 aromatic rings. The highest BCUT2D eigenvalue weighted by atomic mass is 35.5. The zero-order chi connectivity index (χ0) is 13.0. The molecule has 0 saturated heterocycles. The van der Waals surface area contributed by atoms with Gasteiger partial charge in [0.1, 0.15) is 5.75 Å². The Morgan fingerprint density at radius 3 is 2.61 bits per heavy atom. The summed E-state index contributed by atoms with van der Waals surface area (Å²) in [6, 6.07) is 13.1. The Labute approximate surface area is 116 Å². The Hall–Kier alpha value is -1.38. The van der Waals surface area contributed by atoms with E-state index in [2.05, 4.69) is 5.32 Å². The molecular formula is C14H13Cl2NO. The van der Waals surface area contributed by atoms with E-state index in [9.17, 15) is 0 Å². The van der Waals surface area contributed by atoms with Crippen molar-refractivity contribution < 1.29 is 4.74 Å². The molecule has 94 valence electrons. The smallest absolute Gasteiger partial charge is 0.123 e. The largest absolute Gasteiger partial charge is 0.496 e. The highest BCUT2D eigenvalue weighted by Gasteiger charge is 2.05. The normalized spacial score (nSPS) is 10.2. The average Bonchev–Trinajstić information content (AvgIpc) is 2.38. The Morgan fingerprint density at radius 1 is 1.11 bits per heavy atom. The lowest BCUT2D eigenvalue weighted by atomic mass is 10.2. The molecule has 0 bridgehead atoms. The summed E-state index contributed by atoms with van der Waals surface area (Å²) in [6.07, 6.45) is 0. The summed E-state index contributed by atoms with van der Waals surface area (Å²) in [7, 11) is 1.64. The van der Waals surface area contributed by atoms with Gasteiger partial charge in [0, 0.05) is 17.1 Å². The minimum atomic E-state index is 0.605. The van der Waals surface area contributed by atoms with Gasteiger partial charge in [0.2, 0.25) is 0 Å². The first-order chi connectivity index (χ1) is 8.70. The molecule has 2 rings (SSSR count). The maximum Gasteiger partial charge on any atom is 0.123 e. The fourth-order valence-corrected chi connectivity index (χ4v) is 2.08. The van der Waals surface area contributed by atoms with E-state index in [1.807, 2.05) is 36.4 Å². The number of ether oxygens (including phenoxy) is 1. The van der Waals surface area contributed by atoms with Crippen molar-refractivity contribution in [1.82, 2.24) is 0 Å². The van der Waals surface area contributed by atoms with Crippen molar-refractivity contribution in [2.45, 2.75) is 6.54 Å². The van der Waals surface area contributed by atoms with E-state index in [1.165, 1.54) is 0 Å². The average molecular weight is 282 g/mol. The number of hydrogen-bond acceptors (Lipinski definition) is 2. The van der Waals surface area contributed by atoms with E-state index in [-0.39, 0.29) is 0 Å². The topological polar surface area (TPSA) is 21.3 Å². The molecule has 0 atom stereocenters. The van der Waals surface area contributed by atoms with Gasteiger partial charge < -0.3 is 10.1 Å². The second-order valence-corrected chi connectivity index (χ2v) is 4.63. The molecule has 0 aromatic heterocycles. The number of nitrogens with one attached hydrogen (secondary N) is 1. The first-order valence-corrected chi connectivity index (χ1v) is 6.27. The quantitative estimate of drug-likeness (QED) is 0.883. The lowest BCUT2D eigenvalue weighted by Gasteiger charge is -2.12. The number of anilines is 1. The SMILES string of the molecule is COc1ccc(Cl)cc1CNc1ccccc1Cl. The van der Waals surface area contributed by atoms with Gasteiger partial charge in [-0.2, -0.15) is 0 Å². The van der Waals surface area contributed by atoms with Crippen LogP contribution in [0.15, 0.2) is 42.5 Å². The molecule has 2 nitrogen and oxygen atoms in total. The third-order valence-corrected chi connectivity index (χ3v) is 3.15. The van der Waals surface area contributed by atoms with Crippen LogP contribution in [0.4, 0.5) is 5.69 Å². The van der Waals surface area contributed by atoms with Crippen molar-refractivity contribution in [3.63, 3.8) is 0 Å². The Morgan fingerprint density at radius 2 is 1.89 bits per heavy atom. The van der Waals surface area contributed by atoms with Crippen LogP contribution < -0.4 is 10.1 Å². The van der Waals surface area contributed by atoms with E-state index < -0.39 is 0 Å². The summed E-state index contributed by atoms with van der Waals surface area (Å²) >= 11 is 12.1. The zero-order valence-corrected chi connectivity index (χ0v) is 11.4. The number of benzene rings is 2. The van der Waals surface area contributed by atoms with E-state index in [0.29, 0.717) is 16.6 Å². The number of hydrogen-bond donors (Lipinski definition) is 1. The molecular weight excluding hydrogens is 269 g/mol. The number of para-hydroxylation sites is 1. The van der Waals surface area contributed by atoms with Gasteiger partial charge in [0.15, 0.2) is 0 Å². The molecule has 0 fully saturated rings. The van der Waals surface area contributed by atoms with Gasteiger partial charge in [-0.15, -0.1) is 0 Å². The van der Waals surface area contributed by atoms with Gasteiger partial charge in [-0.25, -0.2) is 0 Å². The van der Waals surface area contributed by atoms with Crippen LogP contribution >= 0.6 is 23.2 Å². The van der Waals surface area contributed by atoms with Crippen LogP contribution in [0, 0.1) is 0 Å². The zero-order valence-electron chi connectivity index (χ0n) is 9.91. The molecule has 0 aliphatic rings. The minimum Gasteiger partial charge on any atom is -0.496 e. The van der Waals surface area contributed by atoms with Crippen molar-refractivity contribution >= 4 is 28.9 Å². The lowest BCUT2D eigenvalue weighted by molar-refractivity contribution is 0.410. The molecule has 18 heavy (non-hydrogen) atoms. The van der Waals surface area contributed by atoms with Crippen LogP contribution in [-0.4, -0.2) is 7.11 Å². The Kier molecular flexibility index (Phi) is 4.34. The monoisotopic (exact) mass is 281 g/mol. The van der Waals surface area contributed by atoms with Crippen LogP contribution in [-0.2, 0) is 6.54 Å². The predicted molar refractivity (Wildman–Crippen MR) is 76.8 cm³/mol.